The normalized spacial score (nSPS) is 18.9. The van der Waals surface area contributed by atoms with E-state index in [9.17, 15) is 13.4 Å². The van der Waals surface area contributed by atoms with Gasteiger partial charge in [-0.05, 0) is 28.8 Å². The van der Waals surface area contributed by atoms with Crippen LogP contribution in [0.3, 0.4) is 0 Å². The molecule has 2 atom stereocenters. The molecule has 0 saturated carbocycles. The third kappa shape index (κ3) is 4.49. The molecule has 3 heterocycles. The first-order valence-electron chi connectivity index (χ1n) is 11.0. The number of aryl methyl sites for hydroxylation is 1. The maximum absolute atomic E-state index is 13.7. The molecular weight excluding hydrogens is 479 g/mol. The maximum Gasteiger partial charge on any atom is 0.272 e. The summed E-state index contributed by atoms with van der Waals surface area (Å²) in [6.45, 7) is 0. The first-order chi connectivity index (χ1) is 17.2. The van der Waals surface area contributed by atoms with E-state index in [-0.39, 0.29) is 22.0 Å². The van der Waals surface area contributed by atoms with E-state index in [0.717, 1.165) is 22.4 Å². The minimum absolute atomic E-state index is 0.0653. The second-order valence-electron chi connectivity index (χ2n) is 8.52. The molecule has 5 rings (SSSR count). The molecule has 1 aliphatic heterocycles. The molecule has 0 spiro atoms. The molecule has 0 saturated heterocycles. The predicted octanol–water partition coefficient (Wildman–Crippen LogP) is 4.38. The highest BCUT2D eigenvalue weighted by molar-refractivity contribution is 7.90. The Kier molecular flexibility index (Phi) is 5.88. The number of fused-ring (bicyclic) bond motifs is 2. The van der Waals surface area contributed by atoms with Gasteiger partial charge < -0.3 is 9.88 Å². The zero-order chi connectivity index (χ0) is 25.4. The number of nitrogens with one attached hydrogen (secondary N) is 3. The van der Waals surface area contributed by atoms with Gasteiger partial charge in [-0.3, -0.25) is 4.79 Å². The zero-order valence-corrected chi connectivity index (χ0v) is 20.0. The van der Waals surface area contributed by atoms with Crippen molar-refractivity contribution in [1.29, 1.82) is 10.0 Å². The van der Waals surface area contributed by atoms with Gasteiger partial charge in [0.1, 0.15) is 27.4 Å². The number of anilines is 1. The average molecular weight is 501 g/mol. The van der Waals surface area contributed by atoms with Crippen molar-refractivity contribution in [2.45, 2.75) is 17.4 Å². The lowest BCUT2D eigenvalue weighted by atomic mass is 10.0. The lowest BCUT2D eigenvalue weighted by Gasteiger charge is -2.15. The van der Waals surface area contributed by atoms with Crippen molar-refractivity contribution in [3.63, 3.8) is 0 Å². The quantitative estimate of drug-likeness (QED) is 0.360. The van der Waals surface area contributed by atoms with Gasteiger partial charge in [0, 0.05) is 36.6 Å². The highest BCUT2D eigenvalue weighted by Crippen LogP contribution is 2.28. The lowest BCUT2D eigenvalue weighted by molar-refractivity contribution is 0.101. The SMILES string of the molecule is Cn1cc2c(c1C(=O)Nc1cc(F)nc(C#N)c1)C=C[C@H](Cc1ccc3ccccc3c1)NS2(=N)=O. The summed E-state index contributed by atoms with van der Waals surface area (Å²) in [6.07, 6.45) is 5.48. The van der Waals surface area contributed by atoms with Gasteiger partial charge in [0.2, 0.25) is 5.95 Å². The van der Waals surface area contributed by atoms with Crippen LogP contribution in [0.25, 0.3) is 16.8 Å². The zero-order valence-electron chi connectivity index (χ0n) is 19.2. The summed E-state index contributed by atoms with van der Waals surface area (Å²) in [5, 5.41) is 13.8. The number of amides is 1. The number of carbonyl (C=O) groups is 1. The topological polar surface area (TPSA) is 124 Å². The molecule has 0 bridgehead atoms. The molecule has 0 radical (unpaired) electrons. The van der Waals surface area contributed by atoms with Crippen LogP contribution >= 0.6 is 0 Å². The van der Waals surface area contributed by atoms with Crippen LogP contribution in [0.2, 0.25) is 0 Å². The molecule has 0 aliphatic carbocycles. The third-order valence-corrected chi connectivity index (χ3v) is 7.54. The smallest absolute Gasteiger partial charge is 0.272 e. The summed E-state index contributed by atoms with van der Waals surface area (Å²) in [5.74, 6) is -1.49. The van der Waals surface area contributed by atoms with Crippen molar-refractivity contribution in [1.82, 2.24) is 14.3 Å². The van der Waals surface area contributed by atoms with Crippen LogP contribution in [-0.2, 0) is 23.4 Å². The van der Waals surface area contributed by atoms with Crippen LogP contribution in [0.5, 0.6) is 0 Å². The Balaban J connectivity index is 1.46. The lowest BCUT2D eigenvalue weighted by Crippen LogP contribution is -2.33. The summed E-state index contributed by atoms with van der Waals surface area (Å²) >= 11 is 0. The Morgan fingerprint density at radius 1 is 1.25 bits per heavy atom. The molecule has 180 valence electrons. The summed E-state index contributed by atoms with van der Waals surface area (Å²) in [7, 11) is -1.84. The van der Waals surface area contributed by atoms with E-state index in [1.807, 2.05) is 36.4 Å². The van der Waals surface area contributed by atoms with Crippen LogP contribution in [-0.4, -0.2) is 25.7 Å². The number of carbonyl (C=O) groups excluding carboxylic acids is 1. The van der Waals surface area contributed by atoms with E-state index in [1.54, 1.807) is 25.3 Å². The second kappa shape index (κ2) is 9.03. The predicted molar refractivity (Wildman–Crippen MR) is 135 cm³/mol. The summed E-state index contributed by atoms with van der Waals surface area (Å²) < 4.78 is 40.1. The molecule has 3 N–H and O–H groups in total. The molecule has 8 nitrogen and oxygen atoms in total. The van der Waals surface area contributed by atoms with Gasteiger partial charge in [0.05, 0.1) is 4.90 Å². The number of benzene rings is 2. The van der Waals surface area contributed by atoms with E-state index < -0.39 is 27.8 Å². The van der Waals surface area contributed by atoms with Gasteiger partial charge in [0.15, 0.2) is 0 Å². The molecule has 2 aromatic carbocycles. The van der Waals surface area contributed by atoms with Crippen molar-refractivity contribution in [2.75, 3.05) is 5.32 Å². The van der Waals surface area contributed by atoms with E-state index in [2.05, 4.69) is 21.1 Å². The van der Waals surface area contributed by atoms with Gasteiger partial charge in [-0.15, -0.1) is 0 Å². The standard InChI is InChI=1S/C26H21FN6O2S/c1-33-15-23-22(25(33)26(34)31-20-12-21(14-28)30-24(27)13-20)9-8-19(32-36(23,29)35)11-16-6-7-17-4-2-3-5-18(17)10-16/h2-10,12-13,15,19H,11H2,1H3,(H2,29,32,35)(H,30,31,34)/t19-,36?/m1/s1. The van der Waals surface area contributed by atoms with Crippen LogP contribution < -0.4 is 10.0 Å². The Hall–Kier alpha value is -4.33. The minimum atomic E-state index is -3.44. The number of rotatable bonds is 4. The number of aromatic nitrogens is 2. The van der Waals surface area contributed by atoms with Crippen molar-refractivity contribution < 1.29 is 13.4 Å². The largest absolute Gasteiger partial charge is 0.345 e. The average Bonchev–Trinajstić information content (AvgIpc) is 3.13. The van der Waals surface area contributed by atoms with Crippen LogP contribution in [0.15, 0.2) is 71.8 Å². The molecule has 4 aromatic rings. The summed E-state index contributed by atoms with van der Waals surface area (Å²) in [5.41, 5.74) is 1.41. The molecule has 1 amide bonds. The first-order valence-corrected chi connectivity index (χ1v) is 12.6. The van der Waals surface area contributed by atoms with Gasteiger partial charge >= 0.3 is 0 Å². The number of hydrogen-bond donors (Lipinski definition) is 3. The fourth-order valence-electron chi connectivity index (χ4n) is 4.36. The highest BCUT2D eigenvalue weighted by atomic mass is 32.2. The second-order valence-corrected chi connectivity index (χ2v) is 10.3. The summed E-state index contributed by atoms with van der Waals surface area (Å²) in [6, 6.07) is 17.7. The molecule has 1 unspecified atom stereocenters. The molecule has 2 aromatic heterocycles. The van der Waals surface area contributed by atoms with Gasteiger partial charge in [0.25, 0.3) is 5.91 Å². The van der Waals surface area contributed by atoms with E-state index in [4.69, 9.17) is 10.0 Å². The first kappa shape index (κ1) is 23.4. The fraction of sp³-hybridized carbons (Fsp3) is 0.115. The Morgan fingerprint density at radius 3 is 2.81 bits per heavy atom. The van der Waals surface area contributed by atoms with Crippen molar-refractivity contribution in [3.8, 4) is 6.07 Å². The number of pyridine rings is 1. The van der Waals surface area contributed by atoms with Crippen molar-refractivity contribution in [3.05, 3.63) is 95.3 Å². The number of halogens is 1. The number of hydrogen-bond acceptors (Lipinski definition) is 5. The van der Waals surface area contributed by atoms with Crippen molar-refractivity contribution in [2.24, 2.45) is 7.05 Å². The molecule has 0 fully saturated rings. The van der Waals surface area contributed by atoms with Gasteiger partial charge in [-0.25, -0.2) is 18.7 Å². The van der Waals surface area contributed by atoms with E-state index in [0.29, 0.717) is 12.0 Å². The van der Waals surface area contributed by atoms with E-state index >= 15 is 0 Å². The van der Waals surface area contributed by atoms with Crippen molar-refractivity contribution >= 4 is 38.4 Å². The van der Waals surface area contributed by atoms with Gasteiger partial charge in [-0.2, -0.15) is 9.65 Å². The van der Waals surface area contributed by atoms with E-state index in [1.165, 1.54) is 16.8 Å². The molecule has 10 heteroatoms. The van der Waals surface area contributed by atoms with Gasteiger partial charge in [-0.1, -0.05) is 54.6 Å². The molecule has 36 heavy (non-hydrogen) atoms. The monoisotopic (exact) mass is 500 g/mol. The third-order valence-electron chi connectivity index (χ3n) is 5.96. The Morgan fingerprint density at radius 2 is 2.03 bits per heavy atom. The highest BCUT2D eigenvalue weighted by Gasteiger charge is 2.28. The van der Waals surface area contributed by atoms with Crippen LogP contribution in [0, 0.1) is 22.1 Å². The van der Waals surface area contributed by atoms with Crippen LogP contribution in [0.1, 0.15) is 27.3 Å². The Bertz CT molecular complexity index is 1700. The fourth-order valence-corrected chi connectivity index (χ4v) is 5.86. The Labute approximate surface area is 207 Å². The number of nitriles is 1. The molecule has 1 aliphatic rings. The number of nitrogens with zero attached hydrogens (tertiary/aromatic N) is 3. The maximum atomic E-state index is 13.7. The molecular formula is C26H21FN6O2S. The summed E-state index contributed by atoms with van der Waals surface area (Å²) in [4.78, 5) is 16.8. The van der Waals surface area contributed by atoms with Crippen LogP contribution in [0.4, 0.5) is 10.1 Å². The minimum Gasteiger partial charge on any atom is -0.345 e.